The van der Waals surface area contributed by atoms with Crippen LogP contribution in [0.2, 0.25) is 0 Å². The summed E-state index contributed by atoms with van der Waals surface area (Å²) in [5.74, 6) is 2.73. The number of nitrogens with one attached hydrogen (secondary N) is 2. The van der Waals surface area contributed by atoms with Crippen LogP contribution in [0.1, 0.15) is 12.0 Å². The Bertz CT molecular complexity index is 1220. The van der Waals surface area contributed by atoms with Crippen molar-refractivity contribution in [3.05, 3.63) is 71.7 Å². The molecule has 0 saturated heterocycles. The topological polar surface area (TPSA) is 85.5 Å². The number of H-pyrrole nitrogens is 1. The summed E-state index contributed by atoms with van der Waals surface area (Å²) in [5, 5.41) is 4.97. The molecule has 0 radical (unpaired) electrons. The quantitative estimate of drug-likeness (QED) is 0.319. The van der Waals surface area contributed by atoms with Crippen LogP contribution in [0.5, 0.6) is 17.2 Å². The fourth-order valence-corrected chi connectivity index (χ4v) is 4.22. The number of carbonyl (C=O) groups is 1. The predicted molar refractivity (Wildman–Crippen MR) is 134 cm³/mol. The molecule has 0 saturated carbocycles. The summed E-state index contributed by atoms with van der Waals surface area (Å²) in [7, 11) is 3.21. The minimum Gasteiger partial charge on any atom is -0.493 e. The van der Waals surface area contributed by atoms with Gasteiger partial charge in [0.05, 0.1) is 49.6 Å². The molecule has 0 aliphatic rings. The highest BCUT2D eigenvalue weighted by Gasteiger charge is 2.12. The van der Waals surface area contributed by atoms with E-state index in [-0.39, 0.29) is 18.9 Å². The monoisotopic (exact) mass is 477 g/mol. The molecule has 0 aliphatic carbocycles. The van der Waals surface area contributed by atoms with Crippen LogP contribution in [0.3, 0.4) is 0 Å². The van der Waals surface area contributed by atoms with Gasteiger partial charge >= 0.3 is 0 Å². The third-order valence-corrected chi connectivity index (χ3v) is 6.18. The normalized spacial score (nSPS) is 10.6. The number of rotatable bonds is 11. The number of methoxy groups -OCH3 is 2. The van der Waals surface area contributed by atoms with E-state index in [4.69, 9.17) is 14.2 Å². The zero-order valence-electron chi connectivity index (χ0n) is 19.2. The van der Waals surface area contributed by atoms with E-state index in [9.17, 15) is 4.79 Å². The Hall–Kier alpha value is -3.78. The molecule has 0 atom stereocenters. The standard InChI is InChI=1S/C26H27N3O4S/c1-31-22-10-9-18(16-23(22)32-2)11-13-27-25(30)12-14-33-21-7-4-3-6-19(21)26-28-17-20(29-26)24-8-5-15-34-24/h3-10,15-17H,11-14H2,1-2H3,(H,27,30)(H,28,29). The van der Waals surface area contributed by atoms with Crippen LogP contribution in [0.4, 0.5) is 0 Å². The summed E-state index contributed by atoms with van der Waals surface area (Å²) in [6, 6.07) is 17.5. The highest BCUT2D eigenvalue weighted by atomic mass is 32.1. The van der Waals surface area contributed by atoms with Crippen LogP contribution in [0.15, 0.2) is 66.2 Å². The van der Waals surface area contributed by atoms with Gasteiger partial charge in [-0.1, -0.05) is 24.3 Å². The molecule has 0 fully saturated rings. The Balaban J connectivity index is 1.27. The van der Waals surface area contributed by atoms with Gasteiger partial charge in [-0.15, -0.1) is 11.3 Å². The van der Waals surface area contributed by atoms with Gasteiger partial charge < -0.3 is 24.5 Å². The molecule has 2 aromatic carbocycles. The van der Waals surface area contributed by atoms with Crippen molar-refractivity contribution in [2.24, 2.45) is 0 Å². The van der Waals surface area contributed by atoms with E-state index < -0.39 is 0 Å². The number of hydrogen-bond donors (Lipinski definition) is 2. The Kier molecular flexibility index (Phi) is 7.83. The van der Waals surface area contributed by atoms with Crippen molar-refractivity contribution in [1.82, 2.24) is 15.3 Å². The molecule has 176 valence electrons. The first-order valence-electron chi connectivity index (χ1n) is 11.0. The number of para-hydroxylation sites is 1. The molecular weight excluding hydrogens is 450 g/mol. The Morgan fingerprint density at radius 3 is 2.68 bits per heavy atom. The smallest absolute Gasteiger partial charge is 0.223 e. The van der Waals surface area contributed by atoms with Gasteiger partial charge in [0.1, 0.15) is 11.6 Å². The zero-order valence-corrected chi connectivity index (χ0v) is 20.0. The van der Waals surface area contributed by atoms with Crippen LogP contribution in [-0.2, 0) is 11.2 Å². The summed E-state index contributed by atoms with van der Waals surface area (Å²) in [6.07, 6.45) is 2.78. The second kappa shape index (κ2) is 11.4. The Morgan fingerprint density at radius 1 is 1.03 bits per heavy atom. The fourth-order valence-electron chi connectivity index (χ4n) is 3.53. The van der Waals surface area contributed by atoms with Crippen LogP contribution >= 0.6 is 11.3 Å². The van der Waals surface area contributed by atoms with Crippen molar-refractivity contribution >= 4 is 17.2 Å². The lowest BCUT2D eigenvalue weighted by atomic mass is 10.1. The molecule has 4 aromatic rings. The third kappa shape index (κ3) is 5.77. The van der Waals surface area contributed by atoms with Crippen molar-refractivity contribution < 1.29 is 19.0 Å². The molecule has 7 nitrogen and oxygen atoms in total. The molecule has 0 spiro atoms. The molecule has 4 rings (SSSR count). The number of imidazole rings is 1. The summed E-state index contributed by atoms with van der Waals surface area (Å²) in [6.45, 7) is 0.806. The Labute approximate surface area is 202 Å². The summed E-state index contributed by atoms with van der Waals surface area (Å²) < 4.78 is 16.5. The van der Waals surface area contributed by atoms with Gasteiger partial charge in [0, 0.05) is 6.54 Å². The van der Waals surface area contributed by atoms with Gasteiger partial charge in [-0.05, 0) is 47.7 Å². The van der Waals surface area contributed by atoms with Gasteiger partial charge in [0.25, 0.3) is 0 Å². The number of thiophene rings is 1. The first-order chi connectivity index (χ1) is 16.7. The predicted octanol–water partition coefficient (Wildman–Crippen LogP) is 4.95. The first kappa shape index (κ1) is 23.4. The molecule has 2 aromatic heterocycles. The minimum atomic E-state index is -0.0593. The van der Waals surface area contributed by atoms with E-state index in [1.165, 1.54) is 0 Å². The zero-order chi connectivity index (χ0) is 23.8. The maximum Gasteiger partial charge on any atom is 0.223 e. The second-order valence-corrected chi connectivity index (χ2v) is 8.45. The number of aromatic amines is 1. The molecule has 0 unspecified atom stereocenters. The molecule has 0 bridgehead atoms. The van der Waals surface area contributed by atoms with E-state index in [0.29, 0.717) is 30.2 Å². The number of nitrogens with zero attached hydrogens (tertiary/aromatic N) is 1. The molecule has 2 N–H and O–H groups in total. The van der Waals surface area contributed by atoms with Crippen molar-refractivity contribution in [3.8, 4) is 39.2 Å². The van der Waals surface area contributed by atoms with E-state index in [1.807, 2.05) is 66.2 Å². The largest absolute Gasteiger partial charge is 0.493 e. The molecule has 0 aliphatic heterocycles. The summed E-state index contributed by atoms with van der Waals surface area (Å²) >= 11 is 1.66. The van der Waals surface area contributed by atoms with Crippen molar-refractivity contribution in [2.75, 3.05) is 27.4 Å². The van der Waals surface area contributed by atoms with Gasteiger partial charge in [-0.3, -0.25) is 4.79 Å². The van der Waals surface area contributed by atoms with Crippen molar-refractivity contribution in [3.63, 3.8) is 0 Å². The van der Waals surface area contributed by atoms with E-state index in [1.54, 1.807) is 25.6 Å². The number of aromatic nitrogens is 2. The third-order valence-electron chi connectivity index (χ3n) is 5.28. The highest BCUT2D eigenvalue weighted by Crippen LogP contribution is 2.31. The fraction of sp³-hybridized carbons (Fsp3) is 0.231. The lowest BCUT2D eigenvalue weighted by Crippen LogP contribution is -2.27. The number of carbonyl (C=O) groups excluding carboxylic acids is 1. The van der Waals surface area contributed by atoms with Gasteiger partial charge in [-0.25, -0.2) is 4.98 Å². The van der Waals surface area contributed by atoms with Crippen LogP contribution in [-0.4, -0.2) is 43.2 Å². The number of benzene rings is 2. The lowest BCUT2D eigenvalue weighted by Gasteiger charge is -2.11. The van der Waals surface area contributed by atoms with E-state index >= 15 is 0 Å². The van der Waals surface area contributed by atoms with Gasteiger partial charge in [0.2, 0.25) is 5.91 Å². The van der Waals surface area contributed by atoms with Crippen molar-refractivity contribution in [2.45, 2.75) is 12.8 Å². The number of amides is 1. The van der Waals surface area contributed by atoms with Crippen LogP contribution in [0, 0.1) is 0 Å². The summed E-state index contributed by atoms with van der Waals surface area (Å²) in [5.41, 5.74) is 2.89. The first-order valence-corrected chi connectivity index (χ1v) is 11.8. The molecule has 1 amide bonds. The average molecular weight is 478 g/mol. The van der Waals surface area contributed by atoms with E-state index in [2.05, 4.69) is 15.3 Å². The van der Waals surface area contributed by atoms with Crippen LogP contribution < -0.4 is 19.5 Å². The molecule has 2 heterocycles. The average Bonchev–Trinajstić information content (AvgIpc) is 3.56. The van der Waals surface area contributed by atoms with Gasteiger partial charge in [-0.2, -0.15) is 0 Å². The Morgan fingerprint density at radius 2 is 1.88 bits per heavy atom. The van der Waals surface area contributed by atoms with Gasteiger partial charge in [0.15, 0.2) is 11.5 Å². The van der Waals surface area contributed by atoms with E-state index in [0.717, 1.165) is 27.5 Å². The molecule has 8 heteroatoms. The number of hydrogen-bond acceptors (Lipinski definition) is 6. The van der Waals surface area contributed by atoms with Crippen LogP contribution in [0.25, 0.3) is 22.0 Å². The minimum absolute atomic E-state index is 0.0593. The van der Waals surface area contributed by atoms with Crippen molar-refractivity contribution in [1.29, 1.82) is 0 Å². The summed E-state index contributed by atoms with van der Waals surface area (Å²) in [4.78, 5) is 21.3. The SMILES string of the molecule is COc1ccc(CCNC(=O)CCOc2ccccc2-c2ncc(-c3cccs3)[nH]2)cc1OC. The second-order valence-electron chi connectivity index (χ2n) is 7.51. The maximum absolute atomic E-state index is 12.3. The lowest BCUT2D eigenvalue weighted by molar-refractivity contribution is -0.121. The molecular formula is C26H27N3O4S. The molecule has 34 heavy (non-hydrogen) atoms. The number of ether oxygens (including phenoxy) is 3. The maximum atomic E-state index is 12.3. The highest BCUT2D eigenvalue weighted by molar-refractivity contribution is 7.13.